The molecule has 0 aromatic heterocycles. The monoisotopic (exact) mass is 1720 g/mol. The van der Waals surface area contributed by atoms with Crippen molar-refractivity contribution in [2.75, 3.05) is 0 Å². The molecule has 6 heterocycles. The Bertz CT molecular complexity index is 7630. The van der Waals surface area contributed by atoms with Crippen molar-refractivity contribution in [2.24, 2.45) is 9.98 Å². The van der Waals surface area contributed by atoms with E-state index in [0.717, 1.165) is 6.07 Å². The zero-order valence-corrected chi connectivity index (χ0v) is 65.6. The SMILES string of the molecule is O=C(O)c1cc(N=C=S)ccc1-c1c2ccc(=O)cc-2oc2cc(O)ccc12.O=C(O)c1ccc(N=C=S)cc1-c1c2ccc(=O)cc-2oc2cc(O)ccc12.O=C(ON1C(=O)CCC1=O)c1ccc(-c2c3ccc(=O)cc-3oc3cc(O)ccc23)c(C(=O)O)c1.O=C(ON1C(=O)CCC1=O)c1ccc(C(=O)O)c(-c2c3ccc(=O)cc-3oc3cc(O)ccc23)c1. The number of phenolic OH excluding ortho intramolecular Hbond substituents is 4. The molecule has 32 nitrogen and oxygen atoms in total. The number of thiocarbonyl (C=S) groups is 2. The minimum atomic E-state index is -1.36. The molecule has 34 heteroatoms. The highest BCUT2D eigenvalue weighted by molar-refractivity contribution is 7.78. The Hall–Kier alpha value is -17.6. The molecule has 0 atom stereocenters. The van der Waals surface area contributed by atoms with Crippen LogP contribution in [0.3, 0.4) is 0 Å². The van der Waals surface area contributed by atoms with Crippen LogP contribution >= 0.6 is 24.4 Å². The number of aliphatic imine (C=N–C) groups is 2. The molecule has 8 N–H and O–H groups in total. The maximum atomic E-state index is 12.8. The first-order chi connectivity index (χ1) is 60.4. The van der Waals surface area contributed by atoms with Gasteiger partial charge in [0.25, 0.3) is 23.6 Å². The molecule has 620 valence electrons. The molecular weight excluding hydrogens is 1670 g/mol. The lowest BCUT2D eigenvalue weighted by atomic mass is 9.89. The molecule has 0 spiro atoms. The van der Waals surface area contributed by atoms with E-state index < -0.39 is 59.4 Å². The standard InChI is InChI=1S/2C25H15NO9.2C21H11NO5S/c27-13-2-5-16-19(10-13)34-20-11-14(28)3-6-17(20)23(16)18-9-12(1-4-15(18)24(31)32)25(33)35-26-21(29)7-8-22(26)30;27-13-2-5-16-19(10-13)34-20-11-14(28)3-6-17(20)23(16)15-4-1-12(9-18(15)24(31)32)25(33)35-26-21(29)7-8-22(26)30;23-12-2-5-15-18(8-12)27-19-9-13(24)3-6-16(19)20(15)17-7-11(22-10-28)1-4-14(17)21(25)26;23-12-2-5-15-18(8-12)27-19-9-13(24)3-6-16(19)20(15)14-4-1-11(22-10-28)7-17(14)21(25)26/h2*1-6,9-11,27H,7-8H2,(H,31,32);2*1-9,23H,(H,25,26). The Kier molecular flexibility index (Phi) is 22.7. The summed E-state index contributed by atoms with van der Waals surface area (Å²) in [5, 5.41) is 86.0. The van der Waals surface area contributed by atoms with Gasteiger partial charge in [-0.15, -0.1) is 10.1 Å². The number of benzene rings is 12. The number of isothiocyanates is 2. The average molecular weight is 1730 g/mol. The highest BCUT2D eigenvalue weighted by Crippen LogP contribution is 2.48. The van der Waals surface area contributed by atoms with E-state index in [9.17, 15) is 108 Å². The molecule has 8 aromatic rings. The summed E-state index contributed by atoms with van der Waals surface area (Å²) in [5.41, 5.74) is 4.94. The molecule has 2 saturated heterocycles. The van der Waals surface area contributed by atoms with E-state index in [1.165, 1.54) is 164 Å². The van der Waals surface area contributed by atoms with Crippen LogP contribution in [-0.2, 0) is 28.9 Å². The number of hydroxylamine groups is 4. The molecule has 18 rings (SSSR count). The zero-order chi connectivity index (χ0) is 89.4. The third kappa shape index (κ3) is 16.7. The maximum Gasteiger partial charge on any atom is 0.363 e. The molecular formula is C92H52N4O28S2. The smallest absolute Gasteiger partial charge is 0.363 e. The molecule has 4 amide bonds. The minimum absolute atomic E-state index is 0.0102. The van der Waals surface area contributed by atoms with Gasteiger partial charge >= 0.3 is 35.8 Å². The number of carboxylic acids is 4. The van der Waals surface area contributed by atoms with E-state index in [0.29, 0.717) is 110 Å². The minimum Gasteiger partial charge on any atom is -0.508 e. The second-order valence-electron chi connectivity index (χ2n) is 27.8. The first kappa shape index (κ1) is 83.5. The quantitative estimate of drug-likeness (QED) is 0.0217. The lowest BCUT2D eigenvalue weighted by Crippen LogP contribution is -2.32. The van der Waals surface area contributed by atoms with Crippen LogP contribution in [0.4, 0.5) is 11.4 Å². The van der Waals surface area contributed by atoms with Crippen molar-refractivity contribution in [3.63, 3.8) is 0 Å². The van der Waals surface area contributed by atoms with Crippen LogP contribution in [0.1, 0.15) is 87.8 Å². The molecule has 4 aliphatic carbocycles. The molecule has 0 unspecified atom stereocenters. The summed E-state index contributed by atoms with van der Waals surface area (Å²) in [6, 6.07) is 50.9. The number of amides is 4. The number of phenols is 4. The van der Waals surface area contributed by atoms with Crippen LogP contribution in [0.25, 0.3) is 134 Å². The Labute approximate surface area is 713 Å². The largest absolute Gasteiger partial charge is 0.508 e. The highest BCUT2D eigenvalue weighted by Gasteiger charge is 2.36. The predicted octanol–water partition coefficient (Wildman–Crippen LogP) is 15.8. The highest BCUT2D eigenvalue weighted by atomic mass is 32.1. The normalized spacial score (nSPS) is 12.3. The lowest BCUT2D eigenvalue weighted by molar-refractivity contribution is -0.173. The Morgan fingerprint density at radius 3 is 0.921 bits per heavy atom. The number of carbonyl (C=O) groups is 10. The summed E-state index contributed by atoms with van der Waals surface area (Å²) in [6.45, 7) is 0. The van der Waals surface area contributed by atoms with Crippen molar-refractivity contribution in [2.45, 2.75) is 25.7 Å². The average Bonchev–Trinajstić information content (AvgIpc) is 0.868. The van der Waals surface area contributed by atoms with Gasteiger partial charge in [0, 0.05) is 140 Å². The zero-order valence-electron chi connectivity index (χ0n) is 64.0. The van der Waals surface area contributed by atoms with E-state index in [1.807, 2.05) is 0 Å². The van der Waals surface area contributed by atoms with Gasteiger partial charge in [0.2, 0.25) is 0 Å². The second-order valence-corrected chi connectivity index (χ2v) is 28.2. The summed E-state index contributed by atoms with van der Waals surface area (Å²) in [4.78, 5) is 186. The molecule has 6 aliphatic heterocycles. The van der Waals surface area contributed by atoms with Crippen molar-refractivity contribution in [3.05, 3.63) is 293 Å². The number of imide groups is 2. The summed E-state index contributed by atoms with van der Waals surface area (Å²) in [7, 11) is 0. The van der Waals surface area contributed by atoms with E-state index in [4.69, 9.17) is 27.3 Å². The van der Waals surface area contributed by atoms with Crippen LogP contribution in [0, 0.1) is 0 Å². The molecule has 126 heavy (non-hydrogen) atoms. The van der Waals surface area contributed by atoms with Gasteiger partial charge in [-0.05, 0) is 204 Å². The van der Waals surface area contributed by atoms with Crippen molar-refractivity contribution < 1.29 is 116 Å². The number of fused-ring (bicyclic) bond motifs is 8. The number of carboxylic acid groups (broad SMARTS) is 4. The third-order valence-electron chi connectivity index (χ3n) is 19.9. The van der Waals surface area contributed by atoms with Crippen LogP contribution in [0.2, 0.25) is 0 Å². The molecule has 0 radical (unpaired) electrons. The van der Waals surface area contributed by atoms with Gasteiger partial charge in [0.05, 0.1) is 55.1 Å². The van der Waals surface area contributed by atoms with Gasteiger partial charge in [0.15, 0.2) is 21.7 Å². The predicted molar refractivity (Wildman–Crippen MR) is 455 cm³/mol. The molecule has 0 saturated carbocycles. The number of hydrogen-bond acceptors (Lipinski definition) is 28. The summed E-state index contributed by atoms with van der Waals surface area (Å²) in [5.74, 6) is -8.96. The number of nitrogens with zero attached hydrogens (tertiary/aromatic N) is 4. The van der Waals surface area contributed by atoms with Crippen molar-refractivity contribution in [1.29, 1.82) is 0 Å². The fourth-order valence-electron chi connectivity index (χ4n) is 14.4. The van der Waals surface area contributed by atoms with Gasteiger partial charge in [-0.2, -0.15) is 9.98 Å². The Balaban J connectivity index is 0.000000130. The lowest BCUT2D eigenvalue weighted by Gasteiger charge is -2.18. The fraction of sp³-hybridized carbons (Fsp3) is 0.0435. The Morgan fingerprint density at radius 2 is 0.579 bits per heavy atom. The third-order valence-corrected chi connectivity index (χ3v) is 20.1. The summed E-state index contributed by atoms with van der Waals surface area (Å²) in [6.07, 6.45) is -0.304. The topological polar surface area (TPSA) is 503 Å². The molecule has 0 bridgehead atoms. The maximum absolute atomic E-state index is 12.8. The van der Waals surface area contributed by atoms with Crippen molar-refractivity contribution in [1.82, 2.24) is 10.1 Å². The van der Waals surface area contributed by atoms with Gasteiger partial charge in [0.1, 0.15) is 68.4 Å². The number of aromatic hydroxyl groups is 4. The van der Waals surface area contributed by atoms with E-state index in [2.05, 4.69) is 44.7 Å². The van der Waals surface area contributed by atoms with Gasteiger partial charge < -0.3 is 68.2 Å². The fourth-order valence-corrected chi connectivity index (χ4v) is 14.6. The summed E-state index contributed by atoms with van der Waals surface area (Å²) >= 11 is 9.24. The van der Waals surface area contributed by atoms with E-state index in [1.54, 1.807) is 48.5 Å². The second kappa shape index (κ2) is 34.3. The van der Waals surface area contributed by atoms with Crippen LogP contribution in [0.15, 0.2) is 265 Å². The Morgan fingerprint density at radius 1 is 0.302 bits per heavy atom. The molecule has 2 fully saturated rings. The number of rotatable bonds is 14. The van der Waals surface area contributed by atoms with Gasteiger partial charge in [-0.3, -0.25) is 38.4 Å². The van der Waals surface area contributed by atoms with Gasteiger partial charge in [-0.1, -0.05) is 12.1 Å². The first-order valence-electron chi connectivity index (χ1n) is 37.0. The van der Waals surface area contributed by atoms with E-state index in [-0.39, 0.29) is 149 Å². The molecule has 10 aliphatic rings. The number of carbonyl (C=O) groups excluding carboxylic acids is 6. The van der Waals surface area contributed by atoms with Crippen molar-refractivity contribution in [3.8, 4) is 113 Å². The number of hydrogen-bond donors (Lipinski definition) is 8. The first-order valence-corrected chi connectivity index (χ1v) is 37.8. The van der Waals surface area contributed by atoms with Crippen LogP contribution in [0.5, 0.6) is 23.0 Å². The number of aromatic carboxylic acids is 4. The van der Waals surface area contributed by atoms with Gasteiger partial charge in [-0.25, -0.2) is 28.8 Å². The van der Waals surface area contributed by atoms with Crippen LogP contribution in [-0.4, -0.2) is 121 Å². The van der Waals surface area contributed by atoms with Crippen molar-refractivity contribution >= 4 is 149 Å². The van der Waals surface area contributed by atoms with E-state index >= 15 is 0 Å². The van der Waals surface area contributed by atoms with Crippen LogP contribution < -0.4 is 21.7 Å². The molecule has 8 aromatic carbocycles. The summed E-state index contributed by atoms with van der Waals surface area (Å²) < 4.78 is 23.1.